The molecule has 0 aliphatic rings. The smallest absolute Gasteiger partial charge is 0.277 e. The lowest BCUT2D eigenvalue weighted by molar-refractivity contribution is -0.123. The summed E-state index contributed by atoms with van der Waals surface area (Å²) in [6.45, 7) is 4.69. The molecule has 26 heavy (non-hydrogen) atoms. The SMILES string of the molecule is CCOc1ccc(Br)cc1/C=N/NC(=O)COc1ccccc1OCC. The lowest BCUT2D eigenvalue weighted by Crippen LogP contribution is -2.24. The number of halogens is 1. The monoisotopic (exact) mass is 420 g/mol. The molecule has 0 aliphatic heterocycles. The molecule has 0 radical (unpaired) electrons. The Labute approximate surface area is 161 Å². The average molecular weight is 421 g/mol. The number of amides is 1. The fourth-order valence-electron chi connectivity index (χ4n) is 2.10. The highest BCUT2D eigenvalue weighted by atomic mass is 79.9. The molecular formula is C19H21BrN2O4. The highest BCUT2D eigenvalue weighted by molar-refractivity contribution is 9.10. The summed E-state index contributed by atoms with van der Waals surface area (Å²) in [6.07, 6.45) is 1.53. The number of carbonyl (C=O) groups excluding carboxylic acids is 1. The van der Waals surface area contributed by atoms with E-state index in [1.165, 1.54) is 6.21 Å². The van der Waals surface area contributed by atoms with Crippen molar-refractivity contribution in [2.75, 3.05) is 19.8 Å². The number of para-hydroxylation sites is 2. The molecule has 0 fully saturated rings. The Morgan fingerprint density at radius 2 is 1.69 bits per heavy atom. The number of carbonyl (C=O) groups is 1. The van der Waals surface area contributed by atoms with Gasteiger partial charge in [0.2, 0.25) is 0 Å². The van der Waals surface area contributed by atoms with E-state index in [2.05, 4.69) is 26.5 Å². The molecule has 7 heteroatoms. The quantitative estimate of drug-likeness (QED) is 0.494. The van der Waals surface area contributed by atoms with Crippen LogP contribution >= 0.6 is 15.9 Å². The summed E-state index contributed by atoms with van der Waals surface area (Å²) in [6, 6.07) is 12.8. The Bertz CT molecular complexity index is 765. The molecule has 0 saturated carbocycles. The molecule has 2 rings (SSSR count). The van der Waals surface area contributed by atoms with Crippen molar-refractivity contribution >= 4 is 28.1 Å². The average Bonchev–Trinajstić information content (AvgIpc) is 2.63. The molecule has 0 heterocycles. The van der Waals surface area contributed by atoms with Crippen molar-refractivity contribution in [3.05, 3.63) is 52.5 Å². The lowest BCUT2D eigenvalue weighted by atomic mass is 10.2. The molecule has 1 amide bonds. The molecule has 2 aromatic carbocycles. The van der Waals surface area contributed by atoms with Crippen molar-refractivity contribution in [1.29, 1.82) is 0 Å². The minimum absolute atomic E-state index is 0.168. The van der Waals surface area contributed by atoms with Gasteiger partial charge in [0.05, 0.1) is 19.4 Å². The van der Waals surface area contributed by atoms with E-state index in [4.69, 9.17) is 14.2 Å². The van der Waals surface area contributed by atoms with Gasteiger partial charge in [0, 0.05) is 10.0 Å². The minimum Gasteiger partial charge on any atom is -0.493 e. The first-order valence-electron chi connectivity index (χ1n) is 8.23. The summed E-state index contributed by atoms with van der Waals surface area (Å²) in [5.41, 5.74) is 3.19. The fraction of sp³-hybridized carbons (Fsp3) is 0.263. The van der Waals surface area contributed by atoms with Gasteiger partial charge < -0.3 is 14.2 Å². The van der Waals surface area contributed by atoms with E-state index in [9.17, 15) is 4.79 Å². The number of nitrogens with one attached hydrogen (secondary N) is 1. The predicted octanol–water partition coefficient (Wildman–Crippen LogP) is 3.78. The fourth-order valence-corrected chi connectivity index (χ4v) is 2.48. The van der Waals surface area contributed by atoms with Gasteiger partial charge in [0.15, 0.2) is 18.1 Å². The van der Waals surface area contributed by atoms with Crippen LogP contribution in [0.15, 0.2) is 52.0 Å². The molecule has 2 aromatic rings. The molecule has 0 aliphatic carbocycles. The van der Waals surface area contributed by atoms with Crippen LogP contribution < -0.4 is 19.6 Å². The second-order valence-corrected chi connectivity index (χ2v) is 5.99. The first-order chi connectivity index (χ1) is 12.6. The summed E-state index contributed by atoms with van der Waals surface area (Å²) < 4.78 is 17.4. The van der Waals surface area contributed by atoms with Gasteiger partial charge in [-0.15, -0.1) is 0 Å². The Balaban J connectivity index is 1.91. The summed E-state index contributed by atoms with van der Waals surface area (Å²) in [7, 11) is 0. The summed E-state index contributed by atoms with van der Waals surface area (Å²) >= 11 is 3.40. The van der Waals surface area contributed by atoms with Gasteiger partial charge >= 0.3 is 0 Å². The van der Waals surface area contributed by atoms with Gasteiger partial charge in [-0.1, -0.05) is 28.1 Å². The van der Waals surface area contributed by atoms with E-state index in [-0.39, 0.29) is 12.5 Å². The number of nitrogens with zero attached hydrogens (tertiary/aromatic N) is 1. The van der Waals surface area contributed by atoms with Crippen LogP contribution in [0.4, 0.5) is 0 Å². The summed E-state index contributed by atoms with van der Waals surface area (Å²) in [5.74, 6) is 1.43. The van der Waals surface area contributed by atoms with Crippen LogP contribution in [-0.4, -0.2) is 31.9 Å². The zero-order valence-corrected chi connectivity index (χ0v) is 16.3. The highest BCUT2D eigenvalue weighted by Gasteiger charge is 2.07. The van der Waals surface area contributed by atoms with Crippen molar-refractivity contribution in [1.82, 2.24) is 5.43 Å². The van der Waals surface area contributed by atoms with Gasteiger partial charge in [-0.25, -0.2) is 5.43 Å². The third kappa shape index (κ3) is 6.07. The van der Waals surface area contributed by atoms with Crippen molar-refractivity contribution in [2.45, 2.75) is 13.8 Å². The molecule has 0 spiro atoms. The number of hydrogen-bond donors (Lipinski definition) is 1. The van der Waals surface area contributed by atoms with Gasteiger partial charge in [-0.3, -0.25) is 4.79 Å². The van der Waals surface area contributed by atoms with Crippen LogP contribution in [-0.2, 0) is 4.79 Å². The zero-order valence-electron chi connectivity index (χ0n) is 14.7. The zero-order chi connectivity index (χ0) is 18.8. The highest BCUT2D eigenvalue weighted by Crippen LogP contribution is 2.26. The first kappa shape index (κ1) is 19.8. The van der Waals surface area contributed by atoms with Crippen molar-refractivity contribution in [3.8, 4) is 17.2 Å². The van der Waals surface area contributed by atoms with Crippen LogP contribution in [0.25, 0.3) is 0 Å². The van der Waals surface area contributed by atoms with Gasteiger partial charge in [-0.2, -0.15) is 5.10 Å². The number of benzene rings is 2. The third-order valence-corrected chi connectivity index (χ3v) is 3.67. The summed E-state index contributed by atoms with van der Waals surface area (Å²) in [4.78, 5) is 11.9. The second kappa shape index (κ2) is 10.5. The Kier molecular flexibility index (Phi) is 7.95. The molecular weight excluding hydrogens is 400 g/mol. The number of ether oxygens (including phenoxy) is 3. The van der Waals surface area contributed by atoms with E-state index in [0.717, 1.165) is 10.0 Å². The van der Waals surface area contributed by atoms with Crippen LogP contribution in [0.5, 0.6) is 17.2 Å². The van der Waals surface area contributed by atoms with Crippen molar-refractivity contribution in [2.24, 2.45) is 5.10 Å². The molecule has 0 bridgehead atoms. The van der Waals surface area contributed by atoms with Crippen molar-refractivity contribution < 1.29 is 19.0 Å². The third-order valence-electron chi connectivity index (χ3n) is 3.17. The minimum atomic E-state index is -0.375. The lowest BCUT2D eigenvalue weighted by Gasteiger charge is -2.10. The Morgan fingerprint density at radius 3 is 2.38 bits per heavy atom. The topological polar surface area (TPSA) is 69.2 Å². The predicted molar refractivity (Wildman–Crippen MR) is 104 cm³/mol. The van der Waals surface area contributed by atoms with E-state index in [0.29, 0.717) is 30.5 Å². The second-order valence-electron chi connectivity index (χ2n) is 5.08. The molecule has 1 N–H and O–H groups in total. The number of hydrazone groups is 1. The molecule has 0 aromatic heterocycles. The molecule has 138 valence electrons. The van der Waals surface area contributed by atoms with E-state index in [1.807, 2.05) is 44.2 Å². The summed E-state index contributed by atoms with van der Waals surface area (Å²) in [5, 5.41) is 3.96. The maximum Gasteiger partial charge on any atom is 0.277 e. The molecule has 0 unspecified atom stereocenters. The van der Waals surface area contributed by atoms with Crippen LogP contribution in [0.2, 0.25) is 0 Å². The van der Waals surface area contributed by atoms with Crippen LogP contribution in [0.1, 0.15) is 19.4 Å². The van der Waals surface area contributed by atoms with E-state index < -0.39 is 0 Å². The van der Waals surface area contributed by atoms with Gasteiger partial charge in [0.1, 0.15) is 5.75 Å². The van der Waals surface area contributed by atoms with Gasteiger partial charge in [-0.05, 0) is 44.2 Å². The van der Waals surface area contributed by atoms with E-state index in [1.54, 1.807) is 12.1 Å². The Hall–Kier alpha value is -2.54. The maximum atomic E-state index is 11.9. The normalized spacial score (nSPS) is 10.6. The van der Waals surface area contributed by atoms with Crippen LogP contribution in [0.3, 0.4) is 0 Å². The van der Waals surface area contributed by atoms with Crippen molar-refractivity contribution in [3.63, 3.8) is 0 Å². The molecule has 0 saturated heterocycles. The Morgan fingerprint density at radius 1 is 1.04 bits per heavy atom. The maximum absolute atomic E-state index is 11.9. The molecule has 0 atom stereocenters. The van der Waals surface area contributed by atoms with Gasteiger partial charge in [0.25, 0.3) is 5.91 Å². The standard InChI is InChI=1S/C19H21BrN2O4/c1-3-24-16-10-9-15(20)11-14(16)12-21-22-19(23)13-26-18-8-6-5-7-17(18)25-4-2/h5-12H,3-4,13H2,1-2H3,(H,22,23)/b21-12+. The number of hydrogen-bond acceptors (Lipinski definition) is 5. The molecule has 6 nitrogen and oxygen atoms in total. The first-order valence-corrected chi connectivity index (χ1v) is 9.02. The van der Waals surface area contributed by atoms with E-state index >= 15 is 0 Å². The largest absolute Gasteiger partial charge is 0.493 e. The van der Waals surface area contributed by atoms with Crippen LogP contribution in [0, 0.1) is 0 Å². The number of rotatable bonds is 9.